The summed E-state index contributed by atoms with van der Waals surface area (Å²) in [5.41, 5.74) is 8.53. The van der Waals surface area contributed by atoms with Crippen molar-refractivity contribution in [2.75, 3.05) is 5.32 Å². The summed E-state index contributed by atoms with van der Waals surface area (Å²) in [4.78, 5) is 26.4. The van der Waals surface area contributed by atoms with Gasteiger partial charge in [0.05, 0.1) is 12.1 Å². The van der Waals surface area contributed by atoms with Crippen LogP contribution in [0.2, 0.25) is 0 Å². The lowest BCUT2D eigenvalue weighted by atomic mass is 10.0. The fourth-order valence-corrected chi connectivity index (χ4v) is 4.34. The summed E-state index contributed by atoms with van der Waals surface area (Å²) in [6.45, 7) is 6.98. The first-order valence-corrected chi connectivity index (χ1v) is 11.8. The first kappa shape index (κ1) is 22.0. The number of carbonyl (C=O) groups is 1. The quantitative estimate of drug-likeness (QED) is 0.350. The zero-order valence-corrected chi connectivity index (χ0v) is 19.9. The fourth-order valence-electron chi connectivity index (χ4n) is 4.34. The van der Waals surface area contributed by atoms with Crippen molar-refractivity contribution in [2.24, 2.45) is 4.99 Å². The molecule has 3 aromatic carbocycles. The summed E-state index contributed by atoms with van der Waals surface area (Å²) >= 11 is 0. The second kappa shape index (κ2) is 9.18. The van der Waals surface area contributed by atoms with Gasteiger partial charge in [-0.1, -0.05) is 31.2 Å². The Morgan fingerprint density at radius 3 is 2.71 bits per heavy atom. The summed E-state index contributed by atoms with van der Waals surface area (Å²) in [6, 6.07) is 18.6. The van der Waals surface area contributed by atoms with Gasteiger partial charge in [0.2, 0.25) is 0 Å². The molecule has 4 aromatic rings. The molecule has 0 bridgehead atoms. The maximum absolute atomic E-state index is 12.2. The molecular weight excluding hydrogens is 420 g/mol. The van der Waals surface area contributed by atoms with Gasteiger partial charge < -0.3 is 5.32 Å². The molecule has 5 rings (SSSR count). The highest BCUT2D eigenvalue weighted by molar-refractivity contribution is 5.94. The molecule has 1 aliphatic rings. The number of Topliss-reactive ketones (excluding diaryl/α,β-unsaturated/α-hetero) is 1. The lowest BCUT2D eigenvalue weighted by Crippen LogP contribution is -2.03. The highest BCUT2D eigenvalue weighted by Crippen LogP contribution is 2.31. The zero-order valence-electron chi connectivity index (χ0n) is 19.9. The molecule has 0 aliphatic carbocycles. The van der Waals surface area contributed by atoms with Crippen molar-refractivity contribution in [1.82, 2.24) is 9.97 Å². The minimum Gasteiger partial charge on any atom is -0.340 e. The van der Waals surface area contributed by atoms with E-state index in [4.69, 9.17) is 9.97 Å². The zero-order chi connectivity index (χ0) is 23.7. The lowest BCUT2D eigenvalue weighted by Gasteiger charge is -2.14. The van der Waals surface area contributed by atoms with Crippen LogP contribution < -0.4 is 5.32 Å². The fraction of sp³-hybridized carbons (Fsp3) is 0.241. The maximum atomic E-state index is 12.2. The van der Waals surface area contributed by atoms with E-state index in [2.05, 4.69) is 54.5 Å². The smallest absolute Gasteiger partial charge is 0.162 e. The van der Waals surface area contributed by atoms with Crippen molar-refractivity contribution < 1.29 is 4.79 Å². The second-order valence-corrected chi connectivity index (χ2v) is 9.02. The minimum absolute atomic E-state index is 0.257. The van der Waals surface area contributed by atoms with E-state index < -0.39 is 0 Å². The molecule has 0 radical (unpaired) electrons. The van der Waals surface area contributed by atoms with Crippen LogP contribution in [0.1, 0.15) is 47.6 Å². The Morgan fingerprint density at radius 1 is 1.00 bits per heavy atom. The number of hydrogen-bond acceptors (Lipinski definition) is 5. The van der Waals surface area contributed by atoms with Crippen LogP contribution in [0.15, 0.2) is 59.6 Å². The normalized spacial score (nSPS) is 12.2. The molecule has 0 spiro atoms. The predicted octanol–water partition coefficient (Wildman–Crippen LogP) is 6.50. The first-order chi connectivity index (χ1) is 16.5. The predicted molar refractivity (Wildman–Crippen MR) is 139 cm³/mol. The van der Waals surface area contributed by atoms with Gasteiger partial charge in [-0.2, -0.15) is 0 Å². The van der Waals surface area contributed by atoms with Crippen LogP contribution in [0.5, 0.6) is 0 Å². The Morgan fingerprint density at radius 2 is 1.85 bits per heavy atom. The lowest BCUT2D eigenvalue weighted by molar-refractivity contribution is -0.118. The van der Waals surface area contributed by atoms with Crippen LogP contribution in [-0.2, 0) is 17.8 Å². The molecule has 0 saturated carbocycles. The molecule has 0 fully saturated rings. The third-order valence-electron chi connectivity index (χ3n) is 6.33. The Kier molecular flexibility index (Phi) is 5.93. The average Bonchev–Trinajstić information content (AvgIpc) is 3.28. The van der Waals surface area contributed by atoms with Gasteiger partial charge in [-0.3, -0.25) is 9.79 Å². The second-order valence-electron chi connectivity index (χ2n) is 9.02. The van der Waals surface area contributed by atoms with Crippen LogP contribution in [0.4, 0.5) is 11.5 Å². The van der Waals surface area contributed by atoms with E-state index in [1.807, 2.05) is 37.4 Å². The van der Waals surface area contributed by atoms with Crippen molar-refractivity contribution in [1.29, 1.82) is 0 Å². The van der Waals surface area contributed by atoms with Crippen LogP contribution in [0.25, 0.3) is 22.3 Å². The van der Waals surface area contributed by atoms with Crippen LogP contribution in [0, 0.1) is 13.8 Å². The molecule has 1 N–H and O–H groups in total. The molecule has 5 heteroatoms. The largest absolute Gasteiger partial charge is 0.340 e. The number of benzene rings is 3. The SMILES string of the molecule is CCCC(=O)Cc1cccc(-c2nc(Nc3ccc4c(c3)C=NC4)c3cc(C)c(C)cc3n2)c1. The number of rotatable bonds is 7. The maximum Gasteiger partial charge on any atom is 0.162 e. The van der Waals surface area contributed by atoms with E-state index in [0.29, 0.717) is 18.7 Å². The van der Waals surface area contributed by atoms with Gasteiger partial charge in [-0.25, -0.2) is 9.97 Å². The number of fused-ring (bicyclic) bond motifs is 2. The molecule has 34 heavy (non-hydrogen) atoms. The number of anilines is 2. The number of ketones is 1. The van der Waals surface area contributed by atoms with Crippen molar-refractivity contribution in [3.63, 3.8) is 0 Å². The molecule has 1 aliphatic heterocycles. The van der Waals surface area contributed by atoms with Gasteiger partial charge >= 0.3 is 0 Å². The number of carbonyl (C=O) groups excluding carboxylic acids is 1. The Labute approximate surface area is 200 Å². The summed E-state index contributed by atoms with van der Waals surface area (Å²) < 4.78 is 0. The average molecular weight is 449 g/mol. The van der Waals surface area contributed by atoms with E-state index in [-0.39, 0.29) is 5.78 Å². The third-order valence-corrected chi connectivity index (χ3v) is 6.33. The molecule has 1 aromatic heterocycles. The topological polar surface area (TPSA) is 67.2 Å². The molecule has 2 heterocycles. The standard InChI is InChI=1S/C29H28N4O/c1-4-6-25(34)14-20-7-5-8-21(13-20)28-32-27-12-19(3)18(2)11-26(27)29(33-28)31-24-10-9-22-16-30-17-23(22)15-24/h5,7-13,15,17H,4,6,14,16H2,1-3H3,(H,31,32,33). The summed E-state index contributed by atoms with van der Waals surface area (Å²) in [7, 11) is 0. The monoisotopic (exact) mass is 448 g/mol. The molecule has 0 atom stereocenters. The van der Waals surface area contributed by atoms with Gasteiger partial charge in [-0.15, -0.1) is 0 Å². The Bertz CT molecular complexity index is 1440. The van der Waals surface area contributed by atoms with Crippen LogP contribution in [0.3, 0.4) is 0 Å². The molecule has 0 unspecified atom stereocenters. The Hall–Kier alpha value is -3.86. The number of aryl methyl sites for hydroxylation is 2. The highest BCUT2D eigenvalue weighted by Gasteiger charge is 2.14. The first-order valence-electron chi connectivity index (χ1n) is 11.8. The van der Waals surface area contributed by atoms with Gasteiger partial charge in [-0.05, 0) is 78.4 Å². The minimum atomic E-state index is 0.257. The summed E-state index contributed by atoms with van der Waals surface area (Å²) in [6.07, 6.45) is 3.84. The van der Waals surface area contributed by atoms with E-state index in [0.717, 1.165) is 52.1 Å². The van der Waals surface area contributed by atoms with Crippen molar-refractivity contribution in [3.8, 4) is 11.4 Å². The van der Waals surface area contributed by atoms with Crippen molar-refractivity contribution >= 4 is 34.4 Å². The molecule has 0 saturated heterocycles. The van der Waals surface area contributed by atoms with Gasteiger partial charge in [0, 0.05) is 35.7 Å². The molecule has 5 nitrogen and oxygen atoms in total. The van der Waals surface area contributed by atoms with E-state index in [1.165, 1.54) is 16.7 Å². The third kappa shape index (κ3) is 4.46. The van der Waals surface area contributed by atoms with Crippen molar-refractivity contribution in [2.45, 2.75) is 46.6 Å². The van der Waals surface area contributed by atoms with Gasteiger partial charge in [0.25, 0.3) is 0 Å². The molecule has 0 amide bonds. The van der Waals surface area contributed by atoms with Crippen LogP contribution >= 0.6 is 0 Å². The summed E-state index contributed by atoms with van der Waals surface area (Å²) in [5, 5.41) is 4.51. The number of aliphatic imine (C=N–C) groups is 1. The molecular formula is C29H28N4O. The number of nitrogens with one attached hydrogen (secondary N) is 1. The Balaban J connectivity index is 1.58. The highest BCUT2D eigenvalue weighted by atomic mass is 16.1. The number of hydrogen-bond donors (Lipinski definition) is 1. The van der Waals surface area contributed by atoms with Crippen LogP contribution in [-0.4, -0.2) is 22.0 Å². The van der Waals surface area contributed by atoms with Gasteiger partial charge in [0.15, 0.2) is 5.82 Å². The number of nitrogens with zero attached hydrogens (tertiary/aromatic N) is 3. The van der Waals surface area contributed by atoms with E-state index >= 15 is 0 Å². The van der Waals surface area contributed by atoms with E-state index in [1.54, 1.807) is 0 Å². The van der Waals surface area contributed by atoms with Crippen molar-refractivity contribution in [3.05, 3.63) is 82.4 Å². The summed E-state index contributed by atoms with van der Waals surface area (Å²) in [5.74, 6) is 1.67. The molecule has 170 valence electrons. The van der Waals surface area contributed by atoms with Gasteiger partial charge in [0.1, 0.15) is 11.6 Å². The number of aromatic nitrogens is 2. The van der Waals surface area contributed by atoms with E-state index in [9.17, 15) is 4.79 Å².